The SMILES string of the molecule is CCOc1cc(/C=C2\SC(=S)N(n3c(C)ccc3C)C2=O)ccc1OCc1ccc(F)cc1. The molecule has 3 aromatic rings. The van der Waals surface area contributed by atoms with Crippen molar-refractivity contribution in [3.8, 4) is 11.5 Å². The summed E-state index contributed by atoms with van der Waals surface area (Å²) in [5.74, 6) is 0.693. The Morgan fingerprint density at radius 2 is 1.70 bits per heavy atom. The van der Waals surface area contributed by atoms with E-state index in [0.717, 1.165) is 22.5 Å². The van der Waals surface area contributed by atoms with Gasteiger partial charge in [0.1, 0.15) is 12.4 Å². The molecule has 1 amide bonds. The van der Waals surface area contributed by atoms with E-state index >= 15 is 0 Å². The molecule has 33 heavy (non-hydrogen) atoms. The van der Waals surface area contributed by atoms with Crippen LogP contribution >= 0.6 is 24.0 Å². The minimum absolute atomic E-state index is 0.165. The van der Waals surface area contributed by atoms with Crippen LogP contribution in [0.1, 0.15) is 29.4 Å². The van der Waals surface area contributed by atoms with Crippen molar-refractivity contribution >= 4 is 40.3 Å². The van der Waals surface area contributed by atoms with Gasteiger partial charge in [0.2, 0.25) is 0 Å². The Balaban J connectivity index is 1.56. The zero-order valence-corrected chi connectivity index (χ0v) is 20.1. The number of ether oxygens (including phenoxy) is 2. The van der Waals surface area contributed by atoms with Crippen molar-refractivity contribution in [2.75, 3.05) is 11.6 Å². The van der Waals surface area contributed by atoms with Gasteiger partial charge in [-0.05, 0) is 86.6 Å². The lowest BCUT2D eigenvalue weighted by atomic mass is 10.1. The van der Waals surface area contributed by atoms with Crippen LogP contribution in [0.3, 0.4) is 0 Å². The summed E-state index contributed by atoms with van der Waals surface area (Å²) in [5, 5.41) is 1.53. The van der Waals surface area contributed by atoms with Crippen molar-refractivity contribution in [1.29, 1.82) is 0 Å². The molecule has 1 aliphatic heterocycles. The van der Waals surface area contributed by atoms with Gasteiger partial charge in [0.05, 0.1) is 11.5 Å². The van der Waals surface area contributed by atoms with Crippen LogP contribution in [0.15, 0.2) is 59.5 Å². The Morgan fingerprint density at radius 1 is 1.00 bits per heavy atom. The zero-order chi connectivity index (χ0) is 23.5. The van der Waals surface area contributed by atoms with E-state index in [1.54, 1.807) is 24.3 Å². The summed E-state index contributed by atoms with van der Waals surface area (Å²) in [7, 11) is 0. The molecule has 170 valence electrons. The summed E-state index contributed by atoms with van der Waals surface area (Å²) < 4.78 is 27.1. The van der Waals surface area contributed by atoms with Crippen LogP contribution in [-0.2, 0) is 11.4 Å². The maximum Gasteiger partial charge on any atom is 0.285 e. The molecule has 1 saturated heterocycles. The fraction of sp³-hybridized carbons (Fsp3) is 0.200. The molecule has 2 heterocycles. The van der Waals surface area contributed by atoms with E-state index in [-0.39, 0.29) is 18.3 Å². The quantitative estimate of drug-likeness (QED) is 0.317. The maximum absolute atomic E-state index is 13.1. The van der Waals surface area contributed by atoms with Crippen LogP contribution in [0, 0.1) is 19.7 Å². The van der Waals surface area contributed by atoms with E-state index in [2.05, 4.69) is 0 Å². The molecule has 1 aromatic heterocycles. The predicted octanol–water partition coefficient (Wildman–Crippen LogP) is 5.76. The molecule has 1 fully saturated rings. The van der Waals surface area contributed by atoms with Gasteiger partial charge in [-0.15, -0.1) is 0 Å². The number of carbonyl (C=O) groups excluding carboxylic acids is 1. The summed E-state index contributed by atoms with van der Waals surface area (Å²) >= 11 is 6.76. The Hall–Kier alpha value is -3.10. The van der Waals surface area contributed by atoms with Crippen LogP contribution in [0.5, 0.6) is 11.5 Å². The summed E-state index contributed by atoms with van der Waals surface area (Å²) in [4.78, 5) is 13.7. The fourth-order valence-corrected chi connectivity index (χ4v) is 4.74. The van der Waals surface area contributed by atoms with E-state index in [0.29, 0.717) is 27.3 Å². The standard InChI is InChI=1S/C25H23FN2O3S2/c1-4-30-22-13-19(9-12-21(22)31-15-18-7-10-20(26)11-8-18)14-23-24(29)28(25(32)33-23)27-16(2)5-6-17(27)3/h5-14H,4,15H2,1-3H3/b23-14-. The van der Waals surface area contributed by atoms with E-state index in [1.807, 2.05) is 49.7 Å². The number of nitrogens with zero attached hydrogens (tertiary/aromatic N) is 2. The van der Waals surface area contributed by atoms with Crippen molar-refractivity contribution < 1.29 is 18.7 Å². The normalized spacial score (nSPS) is 14.9. The number of aromatic nitrogens is 1. The maximum atomic E-state index is 13.1. The number of amides is 1. The van der Waals surface area contributed by atoms with E-state index in [1.165, 1.54) is 28.9 Å². The Kier molecular flexibility index (Phi) is 6.85. The third kappa shape index (κ3) is 4.96. The van der Waals surface area contributed by atoms with Crippen LogP contribution in [-0.4, -0.2) is 21.5 Å². The molecule has 0 atom stereocenters. The highest BCUT2D eigenvalue weighted by atomic mass is 32.2. The Labute approximate surface area is 201 Å². The molecule has 0 aliphatic carbocycles. The first-order valence-electron chi connectivity index (χ1n) is 10.4. The average Bonchev–Trinajstić information content (AvgIpc) is 3.25. The van der Waals surface area contributed by atoms with Gasteiger partial charge in [-0.2, -0.15) is 5.01 Å². The number of rotatable bonds is 7. The molecule has 4 rings (SSSR count). The second kappa shape index (κ2) is 9.80. The number of aryl methyl sites for hydroxylation is 2. The first-order chi connectivity index (χ1) is 15.9. The van der Waals surface area contributed by atoms with E-state index < -0.39 is 0 Å². The summed E-state index contributed by atoms with van der Waals surface area (Å²) in [5.41, 5.74) is 3.52. The number of thioether (sulfide) groups is 1. The van der Waals surface area contributed by atoms with Gasteiger partial charge in [0, 0.05) is 11.4 Å². The molecule has 0 radical (unpaired) electrons. The third-order valence-electron chi connectivity index (χ3n) is 5.08. The smallest absolute Gasteiger partial charge is 0.285 e. The number of hydrogen-bond acceptors (Lipinski definition) is 5. The topological polar surface area (TPSA) is 43.7 Å². The van der Waals surface area contributed by atoms with Gasteiger partial charge < -0.3 is 9.47 Å². The number of carbonyl (C=O) groups is 1. The first kappa shape index (κ1) is 23.1. The van der Waals surface area contributed by atoms with Crippen LogP contribution in [0.4, 0.5) is 4.39 Å². The monoisotopic (exact) mass is 482 g/mol. The van der Waals surface area contributed by atoms with E-state index in [4.69, 9.17) is 21.7 Å². The van der Waals surface area contributed by atoms with E-state index in [9.17, 15) is 9.18 Å². The van der Waals surface area contributed by atoms with Gasteiger partial charge in [-0.25, -0.2) is 4.39 Å². The number of thiocarbonyl (C=S) groups is 1. The van der Waals surface area contributed by atoms with Crippen LogP contribution in [0.25, 0.3) is 6.08 Å². The molecule has 5 nitrogen and oxygen atoms in total. The highest BCUT2D eigenvalue weighted by Crippen LogP contribution is 2.35. The van der Waals surface area contributed by atoms with Gasteiger partial charge in [0.15, 0.2) is 15.8 Å². The Morgan fingerprint density at radius 3 is 2.36 bits per heavy atom. The average molecular weight is 483 g/mol. The molecule has 2 aromatic carbocycles. The molecule has 0 unspecified atom stereocenters. The molecule has 1 aliphatic rings. The molecule has 0 spiro atoms. The fourth-order valence-electron chi connectivity index (χ4n) is 3.50. The molecule has 0 N–H and O–H groups in total. The van der Waals surface area contributed by atoms with Gasteiger partial charge >= 0.3 is 0 Å². The lowest BCUT2D eigenvalue weighted by Crippen LogP contribution is -2.39. The lowest BCUT2D eigenvalue weighted by Gasteiger charge is -2.20. The van der Waals surface area contributed by atoms with Crippen molar-refractivity contribution in [3.63, 3.8) is 0 Å². The summed E-state index contributed by atoms with van der Waals surface area (Å²) in [6.07, 6.45) is 1.81. The zero-order valence-electron chi connectivity index (χ0n) is 18.5. The minimum atomic E-state index is -0.286. The molecule has 0 bridgehead atoms. The van der Waals surface area contributed by atoms with Crippen LogP contribution in [0.2, 0.25) is 0 Å². The molecule has 8 heteroatoms. The van der Waals surface area contributed by atoms with Crippen LogP contribution < -0.4 is 14.5 Å². The van der Waals surface area contributed by atoms with Gasteiger partial charge in [0.25, 0.3) is 5.91 Å². The van der Waals surface area contributed by atoms with Crippen molar-refractivity contribution in [2.45, 2.75) is 27.4 Å². The van der Waals surface area contributed by atoms with Crippen molar-refractivity contribution in [2.24, 2.45) is 0 Å². The number of benzene rings is 2. The summed E-state index contributed by atoms with van der Waals surface area (Å²) in [6.45, 7) is 6.52. The lowest BCUT2D eigenvalue weighted by molar-refractivity contribution is -0.114. The highest BCUT2D eigenvalue weighted by molar-refractivity contribution is 8.27. The number of halogens is 1. The third-order valence-corrected chi connectivity index (χ3v) is 6.36. The molecule has 0 saturated carbocycles. The van der Waals surface area contributed by atoms with Crippen molar-refractivity contribution in [3.05, 3.63) is 87.8 Å². The summed E-state index contributed by atoms with van der Waals surface area (Å²) in [6, 6.07) is 15.6. The largest absolute Gasteiger partial charge is 0.490 e. The number of hydrogen-bond donors (Lipinski definition) is 0. The van der Waals surface area contributed by atoms with Crippen molar-refractivity contribution in [1.82, 2.24) is 4.68 Å². The second-order valence-corrected chi connectivity index (χ2v) is 9.15. The highest BCUT2D eigenvalue weighted by Gasteiger charge is 2.34. The minimum Gasteiger partial charge on any atom is -0.490 e. The second-order valence-electron chi connectivity index (χ2n) is 7.48. The molecular weight excluding hydrogens is 459 g/mol. The Bertz CT molecular complexity index is 1220. The molecular formula is C25H23FN2O3S2. The van der Waals surface area contributed by atoms with Gasteiger partial charge in [-0.3, -0.25) is 9.47 Å². The van der Waals surface area contributed by atoms with Gasteiger partial charge in [-0.1, -0.05) is 30.0 Å². The predicted molar refractivity (Wildman–Crippen MR) is 134 cm³/mol. The first-order valence-corrected chi connectivity index (χ1v) is 11.7.